The first kappa shape index (κ1) is 22.4. The molecule has 0 saturated heterocycles. The van der Waals surface area contributed by atoms with Crippen molar-refractivity contribution in [3.63, 3.8) is 0 Å². The Hall–Kier alpha value is -1.75. The predicted octanol–water partition coefficient (Wildman–Crippen LogP) is 7.04. The largest absolute Gasteiger partial charge is 0.351 e. The van der Waals surface area contributed by atoms with Crippen LogP contribution in [0.25, 0.3) is 0 Å². The maximum atomic E-state index is 13.0. The summed E-state index contributed by atoms with van der Waals surface area (Å²) in [6.45, 7) is 0.713. The molecule has 0 spiro atoms. The third-order valence-corrected chi connectivity index (χ3v) is 6.90. The van der Waals surface area contributed by atoms with Crippen LogP contribution in [0.4, 0.5) is 5.69 Å². The summed E-state index contributed by atoms with van der Waals surface area (Å²) in [5.74, 6) is 0.457. The summed E-state index contributed by atoms with van der Waals surface area (Å²) in [5, 5.41) is 11.4. The molecule has 1 heterocycles. The number of amides is 1. The van der Waals surface area contributed by atoms with Gasteiger partial charge in [-0.25, -0.2) is 0 Å². The van der Waals surface area contributed by atoms with Crippen molar-refractivity contribution in [2.24, 2.45) is 11.0 Å². The summed E-state index contributed by atoms with van der Waals surface area (Å²) in [7, 11) is 0. The molecule has 2 aliphatic rings. The van der Waals surface area contributed by atoms with E-state index in [1.165, 1.54) is 38.5 Å². The maximum Gasteiger partial charge on any atom is 0.267 e. The molecule has 4 rings (SSSR count). The van der Waals surface area contributed by atoms with E-state index in [1.54, 1.807) is 12.1 Å². The van der Waals surface area contributed by atoms with E-state index < -0.39 is 0 Å². The summed E-state index contributed by atoms with van der Waals surface area (Å²) < 4.78 is 0. The van der Waals surface area contributed by atoms with E-state index in [0.29, 0.717) is 39.7 Å². The van der Waals surface area contributed by atoms with Crippen molar-refractivity contribution in [1.82, 2.24) is 5.32 Å². The van der Waals surface area contributed by atoms with E-state index >= 15 is 0 Å². The van der Waals surface area contributed by atoms with Gasteiger partial charge in [-0.1, -0.05) is 72.6 Å². The van der Waals surface area contributed by atoms with Crippen molar-refractivity contribution in [3.05, 3.63) is 63.1 Å². The maximum absolute atomic E-state index is 13.0. The van der Waals surface area contributed by atoms with Crippen molar-refractivity contribution in [2.45, 2.75) is 51.0 Å². The number of anilines is 1. The molecular weight excluding hydrogens is 453 g/mol. The first-order chi connectivity index (χ1) is 15.0. The average Bonchev–Trinajstić information content (AvgIpc) is 3.02. The van der Waals surface area contributed by atoms with E-state index in [9.17, 15) is 4.79 Å². The molecule has 4 nitrogen and oxygen atoms in total. The van der Waals surface area contributed by atoms with Gasteiger partial charge in [0.2, 0.25) is 0 Å². The molecule has 1 saturated carbocycles. The lowest BCUT2D eigenvalue weighted by Crippen LogP contribution is -2.34. The number of hydrazone groups is 1. The standard InChI is InChI=1S/C24H26Cl3N3O/c25-18-9-7-17(8-10-18)23-14-21(24(31)28-15-16-5-3-1-2-4-6-16)29-30(23)22-12-11-19(26)13-20(22)27/h7-13,16,23H,1-6,14-15H2,(H,28,31). The van der Waals surface area contributed by atoms with Crippen molar-refractivity contribution in [3.8, 4) is 0 Å². The van der Waals surface area contributed by atoms with Crippen LogP contribution in [0.5, 0.6) is 0 Å². The topological polar surface area (TPSA) is 44.7 Å². The summed E-state index contributed by atoms with van der Waals surface area (Å²) in [6, 6.07) is 12.8. The summed E-state index contributed by atoms with van der Waals surface area (Å²) in [6.07, 6.45) is 7.98. The molecular formula is C24H26Cl3N3O. The lowest BCUT2D eigenvalue weighted by Gasteiger charge is -2.25. The number of benzene rings is 2. The molecule has 1 fully saturated rings. The number of hydrogen-bond acceptors (Lipinski definition) is 3. The molecule has 1 atom stereocenters. The predicted molar refractivity (Wildman–Crippen MR) is 129 cm³/mol. The molecule has 2 aromatic rings. The van der Waals surface area contributed by atoms with Crippen LogP contribution in [0.15, 0.2) is 47.6 Å². The zero-order chi connectivity index (χ0) is 21.8. The van der Waals surface area contributed by atoms with Crippen LogP contribution in [0, 0.1) is 5.92 Å². The molecule has 1 aliphatic carbocycles. The highest BCUT2D eigenvalue weighted by atomic mass is 35.5. The Morgan fingerprint density at radius 3 is 2.32 bits per heavy atom. The molecule has 0 bridgehead atoms. The summed E-state index contributed by atoms with van der Waals surface area (Å²) in [4.78, 5) is 13.0. The Morgan fingerprint density at radius 2 is 1.65 bits per heavy atom. The van der Waals surface area contributed by atoms with Crippen molar-refractivity contribution in [1.29, 1.82) is 0 Å². The summed E-state index contributed by atoms with van der Waals surface area (Å²) >= 11 is 18.6. The number of halogens is 3. The number of hydrogen-bond donors (Lipinski definition) is 1. The molecule has 2 aromatic carbocycles. The normalized spacial score (nSPS) is 19.8. The van der Waals surface area contributed by atoms with Crippen molar-refractivity contribution >= 4 is 52.1 Å². The van der Waals surface area contributed by atoms with Crippen molar-refractivity contribution in [2.75, 3.05) is 11.6 Å². The van der Waals surface area contributed by atoms with E-state index in [2.05, 4.69) is 10.4 Å². The number of rotatable bonds is 5. The van der Waals surface area contributed by atoms with Crippen molar-refractivity contribution < 1.29 is 4.79 Å². The minimum atomic E-state index is -0.144. The highest BCUT2D eigenvalue weighted by Gasteiger charge is 2.33. The highest BCUT2D eigenvalue weighted by molar-refractivity contribution is 6.40. The Bertz CT molecular complexity index is 953. The zero-order valence-electron chi connectivity index (χ0n) is 17.3. The van der Waals surface area contributed by atoms with Gasteiger partial charge in [-0.05, 0) is 54.7 Å². The van der Waals surface area contributed by atoms with E-state index in [0.717, 1.165) is 11.3 Å². The first-order valence-corrected chi connectivity index (χ1v) is 12.0. The number of nitrogens with one attached hydrogen (secondary N) is 1. The molecule has 1 N–H and O–H groups in total. The Morgan fingerprint density at radius 1 is 0.968 bits per heavy atom. The minimum absolute atomic E-state index is 0.101. The zero-order valence-corrected chi connectivity index (χ0v) is 19.6. The van der Waals surface area contributed by atoms with Gasteiger partial charge in [0.15, 0.2) is 0 Å². The molecule has 1 aliphatic heterocycles. The van der Waals surface area contributed by atoms with Crippen LogP contribution >= 0.6 is 34.8 Å². The Kier molecular flexibility index (Phi) is 7.42. The van der Waals surface area contributed by atoms with E-state index in [1.807, 2.05) is 35.3 Å². The SMILES string of the molecule is O=C(NCC1CCCCCC1)C1=NN(c2ccc(Cl)cc2Cl)C(c2ccc(Cl)cc2)C1. The van der Waals surface area contributed by atoms with Gasteiger partial charge in [-0.15, -0.1) is 0 Å². The second-order valence-electron chi connectivity index (χ2n) is 8.33. The van der Waals surface area contributed by atoms with Gasteiger partial charge in [-0.2, -0.15) is 5.10 Å². The highest BCUT2D eigenvalue weighted by Crippen LogP contribution is 2.39. The molecule has 1 unspecified atom stereocenters. The third-order valence-electron chi connectivity index (χ3n) is 6.11. The van der Waals surface area contributed by atoms with Gasteiger partial charge < -0.3 is 5.32 Å². The molecule has 31 heavy (non-hydrogen) atoms. The number of carbonyl (C=O) groups is 1. The fourth-order valence-corrected chi connectivity index (χ4v) is 5.01. The summed E-state index contributed by atoms with van der Waals surface area (Å²) in [5.41, 5.74) is 2.25. The van der Waals surface area contributed by atoms with Crippen LogP contribution in [-0.2, 0) is 4.79 Å². The van der Waals surface area contributed by atoms with Gasteiger partial charge in [0.1, 0.15) is 5.71 Å². The average molecular weight is 479 g/mol. The molecule has 164 valence electrons. The van der Waals surface area contributed by atoms with Crippen LogP contribution in [0.1, 0.15) is 56.6 Å². The van der Waals surface area contributed by atoms with E-state index in [-0.39, 0.29) is 11.9 Å². The first-order valence-electron chi connectivity index (χ1n) is 10.9. The molecule has 7 heteroatoms. The third kappa shape index (κ3) is 5.54. The van der Waals surface area contributed by atoms with Crippen LogP contribution < -0.4 is 10.3 Å². The van der Waals surface area contributed by atoms with E-state index in [4.69, 9.17) is 34.8 Å². The lowest BCUT2D eigenvalue weighted by atomic mass is 9.99. The quantitative estimate of drug-likeness (QED) is 0.468. The van der Waals surface area contributed by atoms with Crippen LogP contribution in [0.3, 0.4) is 0 Å². The van der Waals surface area contributed by atoms with Crippen LogP contribution in [0.2, 0.25) is 15.1 Å². The fourth-order valence-electron chi connectivity index (χ4n) is 4.39. The van der Waals surface area contributed by atoms with Gasteiger partial charge in [0, 0.05) is 23.0 Å². The fraction of sp³-hybridized carbons (Fsp3) is 0.417. The molecule has 1 amide bonds. The van der Waals surface area contributed by atoms with Gasteiger partial charge in [0.25, 0.3) is 5.91 Å². The molecule has 0 radical (unpaired) electrons. The van der Waals surface area contributed by atoms with Gasteiger partial charge in [0.05, 0.1) is 16.8 Å². The minimum Gasteiger partial charge on any atom is -0.351 e. The lowest BCUT2D eigenvalue weighted by molar-refractivity contribution is -0.115. The molecule has 0 aromatic heterocycles. The smallest absolute Gasteiger partial charge is 0.267 e. The second kappa shape index (κ2) is 10.2. The Balaban J connectivity index is 1.54. The van der Waals surface area contributed by atoms with Crippen LogP contribution in [-0.4, -0.2) is 18.2 Å². The second-order valence-corrected chi connectivity index (χ2v) is 9.61. The van der Waals surface area contributed by atoms with Gasteiger partial charge in [-0.3, -0.25) is 9.80 Å². The number of carbonyl (C=O) groups excluding carboxylic acids is 1. The Labute approximate surface area is 198 Å². The monoisotopic (exact) mass is 477 g/mol. The van der Waals surface area contributed by atoms with Gasteiger partial charge >= 0.3 is 0 Å². The number of nitrogens with zero attached hydrogens (tertiary/aromatic N) is 2.